The Morgan fingerprint density at radius 1 is 1.39 bits per heavy atom. The van der Waals surface area contributed by atoms with Gasteiger partial charge in [0.15, 0.2) is 5.96 Å². The summed E-state index contributed by atoms with van der Waals surface area (Å²) in [5.74, 6) is 1.92. The molecule has 0 saturated heterocycles. The summed E-state index contributed by atoms with van der Waals surface area (Å²) in [5, 5.41) is 11.1. The lowest BCUT2D eigenvalue weighted by Gasteiger charge is -2.25. The number of halogens is 1. The van der Waals surface area contributed by atoms with Crippen molar-refractivity contribution in [3.63, 3.8) is 0 Å². The molecule has 2 heterocycles. The highest BCUT2D eigenvalue weighted by Crippen LogP contribution is 2.12. The molecule has 0 amide bonds. The first-order chi connectivity index (χ1) is 11.2. The fourth-order valence-electron chi connectivity index (χ4n) is 2.63. The Labute approximate surface area is 144 Å². The predicted octanol–water partition coefficient (Wildman–Crippen LogP) is 2.11. The van der Waals surface area contributed by atoms with E-state index in [1.165, 1.54) is 5.56 Å². The van der Waals surface area contributed by atoms with Crippen molar-refractivity contribution in [2.45, 2.75) is 38.9 Å². The zero-order valence-corrected chi connectivity index (χ0v) is 14.8. The van der Waals surface area contributed by atoms with Gasteiger partial charge in [0.2, 0.25) is 0 Å². The second kappa shape index (κ2) is 7.59. The van der Waals surface area contributed by atoms with E-state index in [-0.39, 0.29) is 0 Å². The van der Waals surface area contributed by atoms with E-state index >= 15 is 0 Å². The lowest BCUT2D eigenvalue weighted by atomic mass is 10.1. The summed E-state index contributed by atoms with van der Waals surface area (Å²) in [5.41, 5.74) is 1.19. The second-order valence-electron chi connectivity index (χ2n) is 5.56. The van der Waals surface area contributed by atoms with Gasteiger partial charge in [0, 0.05) is 23.5 Å². The molecule has 7 heteroatoms. The molecular formula is C16H21BrN6. The average Bonchev–Trinajstić information content (AvgIpc) is 3.02. The highest BCUT2D eigenvalue weighted by Gasteiger charge is 2.20. The van der Waals surface area contributed by atoms with Crippen molar-refractivity contribution in [1.29, 1.82) is 0 Å². The Bertz CT molecular complexity index is 663. The summed E-state index contributed by atoms with van der Waals surface area (Å²) in [7, 11) is 0. The lowest BCUT2D eigenvalue weighted by molar-refractivity contribution is 0.392. The van der Waals surface area contributed by atoms with Crippen molar-refractivity contribution in [3.05, 3.63) is 46.5 Å². The highest BCUT2D eigenvalue weighted by molar-refractivity contribution is 9.10. The number of guanidine groups is 1. The molecule has 23 heavy (non-hydrogen) atoms. The molecule has 0 saturated carbocycles. The van der Waals surface area contributed by atoms with E-state index in [1.807, 2.05) is 16.8 Å². The first-order valence-corrected chi connectivity index (χ1v) is 8.70. The molecule has 0 bridgehead atoms. The van der Waals surface area contributed by atoms with Crippen LogP contribution in [0.25, 0.3) is 0 Å². The van der Waals surface area contributed by atoms with E-state index in [0.29, 0.717) is 12.6 Å². The largest absolute Gasteiger partial charge is 0.357 e. The second-order valence-corrected chi connectivity index (χ2v) is 6.48. The standard InChI is InChI=1S/C16H21BrN6/c1-2-18-16(19-9-12-3-5-13(17)6-4-12)22-14-7-8-15-20-11-21-23(15)10-14/h3-6,11,14H,2,7-10H2,1H3,(H2,18,19,22). The number of rotatable bonds is 4. The maximum atomic E-state index is 4.68. The SMILES string of the molecule is CCNC(=NCc1ccc(Br)cc1)NC1CCc2ncnn2C1. The van der Waals surface area contributed by atoms with E-state index < -0.39 is 0 Å². The van der Waals surface area contributed by atoms with Crippen molar-refractivity contribution in [2.24, 2.45) is 4.99 Å². The maximum Gasteiger partial charge on any atom is 0.191 e. The molecule has 0 fully saturated rings. The molecule has 0 radical (unpaired) electrons. The Morgan fingerprint density at radius 3 is 3.00 bits per heavy atom. The number of nitrogens with zero attached hydrogens (tertiary/aromatic N) is 4. The Hall–Kier alpha value is -1.89. The van der Waals surface area contributed by atoms with Crippen LogP contribution in [0, 0.1) is 0 Å². The number of nitrogens with one attached hydrogen (secondary N) is 2. The Kier molecular flexibility index (Phi) is 5.27. The number of aliphatic imine (C=N–C) groups is 1. The highest BCUT2D eigenvalue weighted by atomic mass is 79.9. The Morgan fingerprint density at radius 2 is 2.22 bits per heavy atom. The van der Waals surface area contributed by atoms with Gasteiger partial charge in [-0.1, -0.05) is 28.1 Å². The maximum absolute atomic E-state index is 4.68. The average molecular weight is 377 g/mol. The van der Waals surface area contributed by atoms with Crippen molar-refractivity contribution in [3.8, 4) is 0 Å². The monoisotopic (exact) mass is 376 g/mol. The molecule has 1 aliphatic heterocycles. The van der Waals surface area contributed by atoms with Crippen LogP contribution < -0.4 is 10.6 Å². The third kappa shape index (κ3) is 4.31. The van der Waals surface area contributed by atoms with Gasteiger partial charge in [-0.15, -0.1) is 0 Å². The molecule has 1 aromatic heterocycles. The Balaban J connectivity index is 1.62. The van der Waals surface area contributed by atoms with Crippen molar-refractivity contribution < 1.29 is 0 Å². The van der Waals surface area contributed by atoms with Gasteiger partial charge >= 0.3 is 0 Å². The number of hydrogen-bond donors (Lipinski definition) is 2. The van der Waals surface area contributed by atoms with E-state index in [2.05, 4.69) is 60.7 Å². The van der Waals surface area contributed by atoms with Crippen LogP contribution in [0.4, 0.5) is 0 Å². The van der Waals surface area contributed by atoms with Crippen molar-refractivity contribution >= 4 is 21.9 Å². The zero-order valence-electron chi connectivity index (χ0n) is 13.2. The van der Waals surface area contributed by atoms with Gasteiger partial charge in [-0.25, -0.2) is 14.7 Å². The number of aryl methyl sites for hydroxylation is 1. The molecule has 122 valence electrons. The minimum atomic E-state index is 0.326. The first kappa shape index (κ1) is 16.0. The van der Waals surface area contributed by atoms with Gasteiger partial charge in [0.05, 0.1) is 13.1 Å². The number of fused-ring (bicyclic) bond motifs is 1. The quantitative estimate of drug-likeness (QED) is 0.633. The van der Waals surface area contributed by atoms with E-state index in [0.717, 1.165) is 42.2 Å². The van der Waals surface area contributed by atoms with Gasteiger partial charge in [0.25, 0.3) is 0 Å². The number of benzene rings is 1. The van der Waals surface area contributed by atoms with Crippen LogP contribution in [-0.2, 0) is 19.5 Å². The minimum absolute atomic E-state index is 0.326. The molecule has 0 aliphatic carbocycles. The molecule has 1 aromatic carbocycles. The van der Waals surface area contributed by atoms with Crippen LogP contribution >= 0.6 is 15.9 Å². The molecule has 0 spiro atoms. The van der Waals surface area contributed by atoms with Crippen LogP contribution in [0.5, 0.6) is 0 Å². The summed E-state index contributed by atoms with van der Waals surface area (Å²) >= 11 is 3.45. The lowest BCUT2D eigenvalue weighted by Crippen LogP contribution is -2.47. The van der Waals surface area contributed by atoms with Gasteiger partial charge in [-0.05, 0) is 31.0 Å². The van der Waals surface area contributed by atoms with E-state index in [1.54, 1.807) is 6.33 Å². The normalized spacial score (nSPS) is 17.7. The minimum Gasteiger partial charge on any atom is -0.357 e. The molecule has 3 rings (SSSR count). The molecule has 1 atom stereocenters. The molecule has 2 N–H and O–H groups in total. The van der Waals surface area contributed by atoms with Gasteiger partial charge in [-0.3, -0.25) is 0 Å². The third-order valence-corrected chi connectivity index (χ3v) is 4.35. The zero-order chi connectivity index (χ0) is 16.1. The molecule has 1 aliphatic rings. The van der Waals surface area contributed by atoms with E-state index in [9.17, 15) is 0 Å². The summed E-state index contributed by atoms with van der Waals surface area (Å²) in [6.07, 6.45) is 3.62. The van der Waals surface area contributed by atoms with Crippen molar-refractivity contribution in [1.82, 2.24) is 25.4 Å². The summed E-state index contributed by atoms with van der Waals surface area (Å²) in [6, 6.07) is 8.57. The molecule has 2 aromatic rings. The number of aromatic nitrogens is 3. The van der Waals surface area contributed by atoms with Crippen LogP contribution in [0.1, 0.15) is 24.7 Å². The van der Waals surface area contributed by atoms with Crippen molar-refractivity contribution in [2.75, 3.05) is 6.54 Å². The smallest absolute Gasteiger partial charge is 0.191 e. The molecular weight excluding hydrogens is 356 g/mol. The molecule has 6 nitrogen and oxygen atoms in total. The fourth-order valence-corrected chi connectivity index (χ4v) is 2.89. The number of hydrogen-bond acceptors (Lipinski definition) is 3. The van der Waals surface area contributed by atoms with Crippen LogP contribution in [0.15, 0.2) is 40.1 Å². The first-order valence-electron chi connectivity index (χ1n) is 7.90. The third-order valence-electron chi connectivity index (χ3n) is 3.82. The van der Waals surface area contributed by atoms with Gasteiger partial charge in [0.1, 0.15) is 12.2 Å². The van der Waals surface area contributed by atoms with Crippen LogP contribution in [-0.4, -0.2) is 33.3 Å². The predicted molar refractivity (Wildman–Crippen MR) is 94.2 cm³/mol. The van der Waals surface area contributed by atoms with Gasteiger partial charge < -0.3 is 10.6 Å². The van der Waals surface area contributed by atoms with Crippen LogP contribution in [0.2, 0.25) is 0 Å². The van der Waals surface area contributed by atoms with E-state index in [4.69, 9.17) is 0 Å². The fraction of sp³-hybridized carbons (Fsp3) is 0.438. The topological polar surface area (TPSA) is 67.1 Å². The van der Waals surface area contributed by atoms with Crippen LogP contribution in [0.3, 0.4) is 0 Å². The summed E-state index contributed by atoms with van der Waals surface area (Å²) in [6.45, 7) is 4.41. The molecule has 1 unspecified atom stereocenters. The van der Waals surface area contributed by atoms with Gasteiger partial charge in [-0.2, -0.15) is 5.10 Å². The summed E-state index contributed by atoms with van der Waals surface area (Å²) < 4.78 is 3.06. The summed E-state index contributed by atoms with van der Waals surface area (Å²) in [4.78, 5) is 8.95.